The molecule has 27 heavy (non-hydrogen) atoms. The van der Waals surface area contributed by atoms with E-state index in [-0.39, 0.29) is 36.9 Å². The molecule has 1 aromatic carbocycles. The second kappa shape index (κ2) is 8.74. The molecule has 0 radical (unpaired) electrons. The van der Waals surface area contributed by atoms with Crippen molar-refractivity contribution in [1.82, 2.24) is 9.13 Å². The number of carbonyl (C=O) groups excluding carboxylic acids is 1. The van der Waals surface area contributed by atoms with Crippen molar-refractivity contribution in [2.45, 2.75) is 6.92 Å². The van der Waals surface area contributed by atoms with Crippen LogP contribution < -0.4 is 16.6 Å². The molecule has 9 heteroatoms. The van der Waals surface area contributed by atoms with E-state index >= 15 is 0 Å². The molecule has 0 amide bonds. The molecule has 2 aromatic rings. The Morgan fingerprint density at radius 3 is 2.52 bits per heavy atom. The Morgan fingerprint density at radius 1 is 1.19 bits per heavy atom. The van der Waals surface area contributed by atoms with Crippen molar-refractivity contribution >= 4 is 17.3 Å². The Labute approximate surface area is 155 Å². The summed E-state index contributed by atoms with van der Waals surface area (Å²) in [6.07, 6.45) is 0. The lowest BCUT2D eigenvalue weighted by molar-refractivity contribution is 0.0575. The number of nitrogens with one attached hydrogen (secondary N) is 1. The topological polar surface area (TPSA) is 91.6 Å². The van der Waals surface area contributed by atoms with Crippen LogP contribution in [0.3, 0.4) is 0 Å². The minimum Gasteiger partial charge on any atom is -0.382 e. The summed E-state index contributed by atoms with van der Waals surface area (Å²) in [4.78, 5) is 37.3. The van der Waals surface area contributed by atoms with Crippen molar-refractivity contribution in [3.63, 3.8) is 0 Å². The molecule has 0 spiro atoms. The van der Waals surface area contributed by atoms with Gasteiger partial charge in [0, 0.05) is 21.2 Å². The van der Waals surface area contributed by atoms with Crippen LogP contribution >= 0.6 is 0 Å². The van der Waals surface area contributed by atoms with Gasteiger partial charge in [-0.25, -0.2) is 9.18 Å². The molecule has 0 saturated carbocycles. The Morgan fingerprint density at radius 2 is 1.89 bits per heavy atom. The highest BCUT2D eigenvalue weighted by Gasteiger charge is 2.23. The maximum Gasteiger partial charge on any atom is 0.332 e. The molecule has 0 aliphatic rings. The van der Waals surface area contributed by atoms with E-state index in [1.165, 1.54) is 33.3 Å². The second-order valence-electron chi connectivity index (χ2n) is 6.01. The molecule has 0 bridgehead atoms. The Balaban J connectivity index is 2.50. The lowest BCUT2D eigenvalue weighted by Gasteiger charge is -2.17. The van der Waals surface area contributed by atoms with Crippen molar-refractivity contribution < 1.29 is 18.7 Å². The van der Waals surface area contributed by atoms with E-state index < -0.39 is 22.8 Å². The van der Waals surface area contributed by atoms with E-state index in [1.807, 2.05) is 0 Å². The monoisotopic (exact) mass is 379 g/mol. The fourth-order valence-electron chi connectivity index (χ4n) is 2.47. The highest BCUT2D eigenvalue weighted by Crippen LogP contribution is 2.21. The molecular weight excluding hydrogens is 357 g/mol. The number of carbonyl (C=O) groups is 1. The summed E-state index contributed by atoms with van der Waals surface area (Å²) in [5.74, 6) is -1.29. The number of hydrogen-bond acceptors (Lipinski definition) is 6. The number of nitrogens with zero attached hydrogens (tertiary/aromatic N) is 2. The second-order valence-corrected chi connectivity index (χ2v) is 6.01. The van der Waals surface area contributed by atoms with E-state index in [1.54, 1.807) is 13.0 Å². The lowest BCUT2D eigenvalue weighted by Crippen LogP contribution is -2.42. The molecule has 146 valence electrons. The van der Waals surface area contributed by atoms with Crippen LogP contribution in [0.15, 0.2) is 27.8 Å². The van der Waals surface area contributed by atoms with Gasteiger partial charge in [-0.1, -0.05) is 6.07 Å². The number of methoxy groups -OCH3 is 1. The average molecular weight is 379 g/mol. The number of benzene rings is 1. The fraction of sp³-hybridized carbons (Fsp3) is 0.389. The van der Waals surface area contributed by atoms with Gasteiger partial charge in [-0.2, -0.15) is 0 Å². The summed E-state index contributed by atoms with van der Waals surface area (Å²) in [5.41, 5.74) is -0.964. The number of anilines is 2. The number of ether oxygens (including phenoxy) is 2. The predicted molar refractivity (Wildman–Crippen MR) is 98.4 cm³/mol. The van der Waals surface area contributed by atoms with Crippen LogP contribution in [0.5, 0.6) is 0 Å². The maximum absolute atomic E-state index is 14.2. The molecule has 1 aromatic heterocycles. The molecule has 8 nitrogen and oxygen atoms in total. The Hall–Kier alpha value is -2.78. The normalized spacial score (nSPS) is 10.9. The highest BCUT2D eigenvalue weighted by molar-refractivity contribution is 6.01. The first-order valence-electron chi connectivity index (χ1n) is 8.21. The van der Waals surface area contributed by atoms with Crippen LogP contribution in [0.1, 0.15) is 15.9 Å². The molecule has 1 N–H and O–H groups in total. The van der Waals surface area contributed by atoms with Crippen LogP contribution in [0.2, 0.25) is 0 Å². The Kier molecular flexibility index (Phi) is 6.65. The van der Waals surface area contributed by atoms with E-state index in [4.69, 9.17) is 9.47 Å². The molecule has 0 aliphatic carbocycles. The quantitative estimate of drug-likeness (QED) is 0.546. The zero-order valence-corrected chi connectivity index (χ0v) is 15.7. The van der Waals surface area contributed by atoms with Crippen molar-refractivity contribution in [2.75, 3.05) is 32.2 Å². The van der Waals surface area contributed by atoms with Gasteiger partial charge < -0.3 is 14.8 Å². The van der Waals surface area contributed by atoms with Gasteiger partial charge in [0.05, 0.1) is 18.9 Å². The van der Waals surface area contributed by atoms with E-state index in [0.29, 0.717) is 5.56 Å². The van der Waals surface area contributed by atoms with Crippen LogP contribution in [-0.4, -0.2) is 41.8 Å². The van der Waals surface area contributed by atoms with Crippen LogP contribution in [0.25, 0.3) is 0 Å². The number of halogens is 1. The Bertz CT molecular complexity index is 965. The molecule has 0 saturated heterocycles. The van der Waals surface area contributed by atoms with Crippen molar-refractivity contribution in [1.29, 1.82) is 0 Å². The number of aromatic nitrogens is 2. The first-order valence-corrected chi connectivity index (χ1v) is 8.21. The summed E-state index contributed by atoms with van der Waals surface area (Å²) in [6.45, 7) is 1.82. The third-order valence-corrected chi connectivity index (χ3v) is 3.99. The largest absolute Gasteiger partial charge is 0.382 e. The van der Waals surface area contributed by atoms with Gasteiger partial charge in [-0.15, -0.1) is 0 Å². The van der Waals surface area contributed by atoms with Crippen molar-refractivity contribution in [3.8, 4) is 0 Å². The van der Waals surface area contributed by atoms with Crippen molar-refractivity contribution in [2.24, 2.45) is 14.1 Å². The van der Waals surface area contributed by atoms with Crippen molar-refractivity contribution in [3.05, 3.63) is 56.0 Å². The van der Waals surface area contributed by atoms with Gasteiger partial charge in [0.25, 0.3) is 5.56 Å². The smallest absolute Gasteiger partial charge is 0.332 e. The standard InChI is InChI=1S/C18H22FN3O5/c1-11-5-6-13(12(19)9-11)20-16-15(14(23)10-27-8-7-26-4)17(24)22(3)18(25)21(16)2/h5-6,9,20H,7-8,10H2,1-4H3. The molecule has 0 unspecified atom stereocenters. The lowest BCUT2D eigenvalue weighted by atomic mass is 10.1. The average Bonchev–Trinajstić information content (AvgIpc) is 2.63. The molecule has 0 aliphatic heterocycles. The van der Waals surface area contributed by atoms with E-state index in [0.717, 1.165) is 9.13 Å². The molecule has 2 rings (SSSR count). The summed E-state index contributed by atoms with van der Waals surface area (Å²) >= 11 is 0. The third kappa shape index (κ3) is 4.50. The highest BCUT2D eigenvalue weighted by atomic mass is 19.1. The minimum absolute atomic E-state index is 0.0400. The zero-order chi connectivity index (χ0) is 20.1. The van der Waals surface area contributed by atoms with Crippen LogP contribution in [0.4, 0.5) is 15.9 Å². The minimum atomic E-state index is -0.784. The SMILES string of the molecule is COCCOCC(=O)c1c(Nc2ccc(C)cc2F)n(C)c(=O)n(C)c1=O. The first-order chi connectivity index (χ1) is 12.8. The van der Waals surface area contributed by atoms with Crippen LogP contribution in [-0.2, 0) is 23.6 Å². The number of Topliss-reactive ketones (excluding diaryl/α,β-unsaturated/α-hetero) is 1. The number of aryl methyl sites for hydroxylation is 1. The fourth-order valence-corrected chi connectivity index (χ4v) is 2.47. The number of rotatable bonds is 8. The van der Waals surface area contributed by atoms with Gasteiger partial charge in [0.15, 0.2) is 5.78 Å². The number of hydrogen-bond donors (Lipinski definition) is 1. The van der Waals surface area contributed by atoms with E-state index in [9.17, 15) is 18.8 Å². The molecular formula is C18H22FN3O5. The van der Waals surface area contributed by atoms with Gasteiger partial charge >= 0.3 is 5.69 Å². The summed E-state index contributed by atoms with van der Waals surface area (Å²) in [7, 11) is 4.15. The van der Waals surface area contributed by atoms with Gasteiger partial charge in [0.2, 0.25) is 0 Å². The number of ketones is 1. The molecule has 0 atom stereocenters. The summed E-state index contributed by atoms with van der Waals surface area (Å²) in [5, 5.41) is 2.70. The molecule has 1 heterocycles. The van der Waals surface area contributed by atoms with Crippen LogP contribution in [0, 0.1) is 12.7 Å². The molecule has 0 fully saturated rings. The zero-order valence-electron chi connectivity index (χ0n) is 15.7. The summed E-state index contributed by atoms with van der Waals surface area (Å²) in [6, 6.07) is 4.44. The first kappa shape index (κ1) is 20.5. The summed E-state index contributed by atoms with van der Waals surface area (Å²) < 4.78 is 26.1. The van der Waals surface area contributed by atoms with Gasteiger partial charge in [-0.05, 0) is 24.6 Å². The van der Waals surface area contributed by atoms with Gasteiger partial charge in [-0.3, -0.25) is 18.7 Å². The third-order valence-electron chi connectivity index (χ3n) is 3.99. The maximum atomic E-state index is 14.2. The van der Waals surface area contributed by atoms with E-state index in [2.05, 4.69) is 5.32 Å². The predicted octanol–water partition coefficient (Wildman–Crippen LogP) is 1.12. The van der Waals surface area contributed by atoms with Gasteiger partial charge in [0.1, 0.15) is 23.8 Å².